The normalized spacial score (nSPS) is 10.4. The molecular formula is C16H11Cl3FNO3. The molecule has 4 nitrogen and oxygen atoms in total. The second-order valence-corrected chi connectivity index (χ2v) is 5.99. The molecule has 0 saturated carbocycles. The van der Waals surface area contributed by atoms with Crippen molar-refractivity contribution >= 4 is 52.4 Å². The zero-order valence-corrected chi connectivity index (χ0v) is 14.6. The van der Waals surface area contributed by atoms with Crippen LogP contribution in [0, 0.1) is 12.7 Å². The molecule has 2 rings (SSSR count). The number of rotatable bonds is 4. The van der Waals surface area contributed by atoms with Crippen molar-refractivity contribution in [2.75, 3.05) is 11.9 Å². The Bertz CT molecular complexity index is 811. The second kappa shape index (κ2) is 7.83. The lowest BCUT2D eigenvalue weighted by Gasteiger charge is -2.11. The van der Waals surface area contributed by atoms with E-state index in [0.29, 0.717) is 5.02 Å². The van der Waals surface area contributed by atoms with Gasteiger partial charge in [-0.3, -0.25) is 4.79 Å². The van der Waals surface area contributed by atoms with E-state index < -0.39 is 24.3 Å². The summed E-state index contributed by atoms with van der Waals surface area (Å²) >= 11 is 17.8. The summed E-state index contributed by atoms with van der Waals surface area (Å²) in [5.74, 6) is -2.06. The number of carbonyl (C=O) groups is 2. The van der Waals surface area contributed by atoms with Gasteiger partial charge in [0.05, 0.1) is 26.3 Å². The van der Waals surface area contributed by atoms with Gasteiger partial charge in [-0.15, -0.1) is 0 Å². The third kappa shape index (κ3) is 4.38. The largest absolute Gasteiger partial charge is 0.452 e. The van der Waals surface area contributed by atoms with Gasteiger partial charge >= 0.3 is 5.97 Å². The first-order valence-electron chi connectivity index (χ1n) is 6.66. The van der Waals surface area contributed by atoms with E-state index in [1.54, 1.807) is 19.1 Å². The average Bonchev–Trinajstić information content (AvgIpc) is 2.53. The summed E-state index contributed by atoms with van der Waals surface area (Å²) in [7, 11) is 0. The Morgan fingerprint density at radius 1 is 1.12 bits per heavy atom. The van der Waals surface area contributed by atoms with Crippen LogP contribution in [0.2, 0.25) is 15.1 Å². The fourth-order valence-electron chi connectivity index (χ4n) is 1.81. The van der Waals surface area contributed by atoms with Crippen molar-refractivity contribution < 1.29 is 18.7 Å². The first kappa shape index (κ1) is 18.5. The minimum atomic E-state index is -0.850. The number of amides is 1. The zero-order chi connectivity index (χ0) is 17.9. The van der Waals surface area contributed by atoms with Crippen molar-refractivity contribution in [1.29, 1.82) is 0 Å². The van der Waals surface area contributed by atoms with Gasteiger partial charge in [0.25, 0.3) is 5.91 Å². The molecule has 8 heteroatoms. The lowest BCUT2D eigenvalue weighted by molar-refractivity contribution is -0.119. The molecule has 0 fully saturated rings. The molecule has 0 aliphatic heterocycles. The lowest BCUT2D eigenvalue weighted by Crippen LogP contribution is -2.21. The monoisotopic (exact) mass is 389 g/mol. The molecule has 0 unspecified atom stereocenters. The number of ether oxygens (including phenoxy) is 1. The van der Waals surface area contributed by atoms with E-state index in [-0.39, 0.29) is 21.3 Å². The number of anilines is 1. The van der Waals surface area contributed by atoms with Crippen molar-refractivity contribution in [1.82, 2.24) is 0 Å². The number of nitrogens with one attached hydrogen (secondary N) is 1. The van der Waals surface area contributed by atoms with Crippen LogP contribution in [-0.2, 0) is 9.53 Å². The van der Waals surface area contributed by atoms with Crippen LogP contribution in [-0.4, -0.2) is 18.5 Å². The van der Waals surface area contributed by atoms with E-state index in [0.717, 1.165) is 17.7 Å². The van der Waals surface area contributed by atoms with Gasteiger partial charge in [0.2, 0.25) is 0 Å². The van der Waals surface area contributed by atoms with Gasteiger partial charge in [0.15, 0.2) is 6.61 Å². The second-order valence-electron chi connectivity index (χ2n) is 4.80. The Balaban J connectivity index is 2.01. The number of esters is 1. The highest BCUT2D eigenvalue weighted by Gasteiger charge is 2.16. The van der Waals surface area contributed by atoms with Gasteiger partial charge in [0, 0.05) is 0 Å². The summed E-state index contributed by atoms with van der Waals surface area (Å²) in [5, 5.41) is 2.92. The summed E-state index contributed by atoms with van der Waals surface area (Å²) < 4.78 is 17.8. The van der Waals surface area contributed by atoms with E-state index >= 15 is 0 Å². The van der Waals surface area contributed by atoms with Crippen LogP contribution in [0.4, 0.5) is 10.1 Å². The third-order valence-electron chi connectivity index (χ3n) is 3.03. The molecule has 0 heterocycles. The van der Waals surface area contributed by atoms with Crippen molar-refractivity contribution in [2.45, 2.75) is 6.92 Å². The van der Waals surface area contributed by atoms with E-state index in [9.17, 15) is 14.0 Å². The van der Waals surface area contributed by atoms with E-state index in [1.165, 1.54) is 6.07 Å². The summed E-state index contributed by atoms with van der Waals surface area (Å²) in [5.41, 5.74) is 0.920. The van der Waals surface area contributed by atoms with Crippen LogP contribution in [0.15, 0.2) is 30.3 Å². The number of hydrogen-bond acceptors (Lipinski definition) is 3. The first-order chi connectivity index (χ1) is 11.3. The van der Waals surface area contributed by atoms with Crippen LogP contribution >= 0.6 is 34.8 Å². The standard InChI is InChI=1S/C16H11Cl3FNO3/c1-8-2-5-11(17)15(14(8)19)21-13(22)7-24-16(23)10-4-3-9(20)6-12(10)18/h2-6H,7H2,1H3,(H,21,22). The average molecular weight is 391 g/mol. The fraction of sp³-hybridized carbons (Fsp3) is 0.125. The predicted molar refractivity (Wildman–Crippen MR) is 91.5 cm³/mol. The van der Waals surface area contributed by atoms with Crippen molar-refractivity contribution in [3.05, 3.63) is 62.3 Å². The third-order valence-corrected chi connectivity index (χ3v) is 4.15. The maximum atomic E-state index is 12.9. The zero-order valence-electron chi connectivity index (χ0n) is 12.3. The summed E-state index contributed by atoms with van der Waals surface area (Å²) in [4.78, 5) is 23.8. The molecule has 1 N–H and O–H groups in total. The highest BCUT2D eigenvalue weighted by atomic mass is 35.5. The molecule has 1 amide bonds. The quantitative estimate of drug-likeness (QED) is 0.756. The molecular weight excluding hydrogens is 380 g/mol. The molecule has 0 aromatic heterocycles. The minimum Gasteiger partial charge on any atom is -0.452 e. The molecule has 0 aliphatic rings. The van der Waals surface area contributed by atoms with Crippen molar-refractivity contribution in [3.8, 4) is 0 Å². The van der Waals surface area contributed by atoms with Crippen LogP contribution in [0.25, 0.3) is 0 Å². The molecule has 0 atom stereocenters. The van der Waals surface area contributed by atoms with Crippen LogP contribution in [0.1, 0.15) is 15.9 Å². The molecule has 0 radical (unpaired) electrons. The topological polar surface area (TPSA) is 55.4 Å². The van der Waals surface area contributed by atoms with E-state index in [2.05, 4.69) is 5.32 Å². The van der Waals surface area contributed by atoms with Gasteiger partial charge < -0.3 is 10.1 Å². The number of hydrogen-bond donors (Lipinski definition) is 1. The number of benzene rings is 2. The van der Waals surface area contributed by atoms with Crippen LogP contribution in [0.3, 0.4) is 0 Å². The molecule has 0 bridgehead atoms. The molecule has 126 valence electrons. The Morgan fingerprint density at radius 3 is 2.50 bits per heavy atom. The van der Waals surface area contributed by atoms with Gasteiger partial charge in [-0.05, 0) is 36.8 Å². The van der Waals surface area contributed by atoms with Crippen molar-refractivity contribution in [2.24, 2.45) is 0 Å². The van der Waals surface area contributed by atoms with Gasteiger partial charge in [-0.1, -0.05) is 40.9 Å². The fourth-order valence-corrected chi connectivity index (χ4v) is 2.52. The van der Waals surface area contributed by atoms with E-state index in [4.69, 9.17) is 39.5 Å². The SMILES string of the molecule is Cc1ccc(Cl)c(NC(=O)COC(=O)c2ccc(F)cc2Cl)c1Cl. The highest BCUT2D eigenvalue weighted by molar-refractivity contribution is 6.40. The summed E-state index contributed by atoms with van der Waals surface area (Å²) in [6, 6.07) is 6.51. The number of aryl methyl sites for hydroxylation is 1. The molecule has 0 aliphatic carbocycles. The minimum absolute atomic E-state index is 0.0440. The summed E-state index contributed by atoms with van der Waals surface area (Å²) in [6.45, 7) is 1.18. The van der Waals surface area contributed by atoms with Crippen LogP contribution < -0.4 is 5.32 Å². The lowest BCUT2D eigenvalue weighted by atomic mass is 10.2. The molecule has 2 aromatic rings. The maximum Gasteiger partial charge on any atom is 0.340 e. The first-order valence-corrected chi connectivity index (χ1v) is 7.79. The van der Waals surface area contributed by atoms with Gasteiger partial charge in [-0.25, -0.2) is 9.18 Å². The Morgan fingerprint density at radius 2 is 1.83 bits per heavy atom. The highest BCUT2D eigenvalue weighted by Crippen LogP contribution is 2.32. The predicted octanol–water partition coefficient (Wildman–Crippen LogP) is 4.89. The molecule has 0 saturated heterocycles. The van der Waals surface area contributed by atoms with Gasteiger partial charge in [0.1, 0.15) is 5.82 Å². The summed E-state index contributed by atoms with van der Waals surface area (Å²) in [6.07, 6.45) is 0. The Hall–Kier alpha value is -1.82. The van der Waals surface area contributed by atoms with Crippen LogP contribution in [0.5, 0.6) is 0 Å². The molecule has 2 aromatic carbocycles. The number of carbonyl (C=O) groups excluding carboxylic acids is 2. The van der Waals surface area contributed by atoms with Crippen molar-refractivity contribution in [3.63, 3.8) is 0 Å². The molecule has 0 spiro atoms. The Labute approximate surface area is 152 Å². The van der Waals surface area contributed by atoms with Gasteiger partial charge in [-0.2, -0.15) is 0 Å². The van der Waals surface area contributed by atoms with E-state index in [1.807, 2.05) is 0 Å². The number of halogens is 4. The molecule has 24 heavy (non-hydrogen) atoms. The maximum absolute atomic E-state index is 12.9. The smallest absolute Gasteiger partial charge is 0.340 e. The Kier molecular flexibility index (Phi) is 6.04.